The van der Waals surface area contributed by atoms with Crippen molar-refractivity contribution in [3.8, 4) is 0 Å². The molecule has 0 fully saturated rings. The standard InChI is InChI=1S/C10H19N3/c1-6-10(4,5)9-7-13(8(2)3)12-11-9/h7-8H,6H2,1-5H3. The lowest BCUT2D eigenvalue weighted by molar-refractivity contribution is 0.489. The predicted octanol–water partition coefficient (Wildman–Crippen LogP) is 2.55. The SMILES string of the molecule is CCC(C)(C)c1cn(C(C)C)nn1. The van der Waals surface area contributed by atoms with E-state index in [1.54, 1.807) is 0 Å². The van der Waals surface area contributed by atoms with Crippen molar-refractivity contribution in [1.29, 1.82) is 0 Å². The molecule has 0 aliphatic heterocycles. The van der Waals surface area contributed by atoms with Crippen LogP contribution >= 0.6 is 0 Å². The van der Waals surface area contributed by atoms with Gasteiger partial charge in [-0.2, -0.15) is 0 Å². The molecule has 1 heterocycles. The van der Waals surface area contributed by atoms with Crippen LogP contribution in [-0.2, 0) is 5.41 Å². The monoisotopic (exact) mass is 181 g/mol. The number of aromatic nitrogens is 3. The van der Waals surface area contributed by atoms with Crippen molar-refractivity contribution in [2.45, 2.75) is 52.5 Å². The summed E-state index contributed by atoms with van der Waals surface area (Å²) in [6, 6.07) is 0.397. The summed E-state index contributed by atoms with van der Waals surface area (Å²) in [7, 11) is 0. The number of nitrogens with zero attached hydrogens (tertiary/aromatic N) is 3. The highest BCUT2D eigenvalue weighted by molar-refractivity contribution is 5.08. The van der Waals surface area contributed by atoms with Gasteiger partial charge in [0.15, 0.2) is 0 Å². The lowest BCUT2D eigenvalue weighted by Gasteiger charge is -2.18. The smallest absolute Gasteiger partial charge is 0.0883 e. The molecule has 3 heteroatoms. The van der Waals surface area contributed by atoms with Gasteiger partial charge >= 0.3 is 0 Å². The summed E-state index contributed by atoms with van der Waals surface area (Å²) in [5, 5.41) is 8.29. The third-order valence-electron chi connectivity index (χ3n) is 2.62. The fourth-order valence-electron chi connectivity index (χ4n) is 1.02. The Hall–Kier alpha value is -0.860. The molecule has 1 aromatic heterocycles. The quantitative estimate of drug-likeness (QED) is 0.717. The molecule has 0 N–H and O–H groups in total. The van der Waals surface area contributed by atoms with E-state index in [1.165, 1.54) is 0 Å². The zero-order chi connectivity index (χ0) is 10.1. The number of hydrogen-bond donors (Lipinski definition) is 0. The summed E-state index contributed by atoms with van der Waals surface area (Å²) in [4.78, 5) is 0. The van der Waals surface area contributed by atoms with Crippen molar-refractivity contribution >= 4 is 0 Å². The summed E-state index contributed by atoms with van der Waals surface area (Å²) in [5.41, 5.74) is 1.23. The lowest BCUT2D eigenvalue weighted by atomic mass is 9.87. The van der Waals surface area contributed by atoms with Gasteiger partial charge in [0.05, 0.1) is 5.69 Å². The minimum atomic E-state index is 0.146. The van der Waals surface area contributed by atoms with Crippen LogP contribution in [0.3, 0.4) is 0 Å². The second kappa shape index (κ2) is 3.48. The third-order valence-corrected chi connectivity index (χ3v) is 2.62. The van der Waals surface area contributed by atoms with Crippen molar-refractivity contribution in [2.75, 3.05) is 0 Å². The first-order valence-corrected chi connectivity index (χ1v) is 4.89. The molecule has 0 aliphatic carbocycles. The summed E-state index contributed by atoms with van der Waals surface area (Å²) < 4.78 is 1.91. The zero-order valence-corrected chi connectivity index (χ0v) is 9.20. The van der Waals surface area contributed by atoms with Gasteiger partial charge in [0.25, 0.3) is 0 Å². The van der Waals surface area contributed by atoms with Crippen LogP contribution in [-0.4, -0.2) is 15.0 Å². The minimum absolute atomic E-state index is 0.146. The second-order valence-corrected chi connectivity index (χ2v) is 4.41. The Morgan fingerprint density at radius 2 is 2.08 bits per heavy atom. The first kappa shape index (κ1) is 10.2. The molecule has 0 bridgehead atoms. The van der Waals surface area contributed by atoms with Crippen LogP contribution in [0.4, 0.5) is 0 Å². The molecule has 0 amide bonds. The van der Waals surface area contributed by atoms with Gasteiger partial charge in [-0.3, -0.25) is 0 Å². The van der Waals surface area contributed by atoms with E-state index in [0.717, 1.165) is 12.1 Å². The molecule has 0 spiro atoms. The Kier molecular flexibility index (Phi) is 2.74. The first-order chi connectivity index (χ1) is 5.97. The van der Waals surface area contributed by atoms with E-state index in [-0.39, 0.29) is 5.41 Å². The molecular weight excluding hydrogens is 162 g/mol. The third kappa shape index (κ3) is 2.08. The van der Waals surface area contributed by atoms with Crippen LogP contribution in [0, 0.1) is 0 Å². The van der Waals surface area contributed by atoms with E-state index >= 15 is 0 Å². The molecule has 0 unspecified atom stereocenters. The van der Waals surface area contributed by atoms with Crippen LogP contribution in [0.2, 0.25) is 0 Å². The van der Waals surface area contributed by atoms with Gasteiger partial charge < -0.3 is 0 Å². The Morgan fingerprint density at radius 3 is 2.46 bits per heavy atom. The molecule has 1 aromatic rings. The molecule has 1 rings (SSSR count). The maximum Gasteiger partial charge on any atom is 0.0883 e. The van der Waals surface area contributed by atoms with Gasteiger partial charge in [-0.1, -0.05) is 26.0 Å². The molecule has 0 saturated carbocycles. The molecular formula is C10H19N3. The fourth-order valence-corrected chi connectivity index (χ4v) is 1.02. The van der Waals surface area contributed by atoms with Gasteiger partial charge in [-0.15, -0.1) is 5.10 Å². The van der Waals surface area contributed by atoms with E-state index in [1.807, 2.05) is 10.9 Å². The number of rotatable bonds is 3. The van der Waals surface area contributed by atoms with Crippen LogP contribution < -0.4 is 0 Å². The first-order valence-electron chi connectivity index (χ1n) is 4.89. The average molecular weight is 181 g/mol. The molecule has 0 saturated heterocycles. The zero-order valence-electron chi connectivity index (χ0n) is 9.20. The Balaban J connectivity index is 2.91. The van der Waals surface area contributed by atoms with Gasteiger partial charge in [0.1, 0.15) is 0 Å². The van der Waals surface area contributed by atoms with E-state index in [0.29, 0.717) is 6.04 Å². The largest absolute Gasteiger partial charge is 0.250 e. The second-order valence-electron chi connectivity index (χ2n) is 4.41. The van der Waals surface area contributed by atoms with Crippen molar-refractivity contribution in [1.82, 2.24) is 15.0 Å². The summed E-state index contributed by atoms with van der Waals surface area (Å²) in [6.07, 6.45) is 3.14. The molecule has 0 radical (unpaired) electrons. The molecule has 0 atom stereocenters. The molecule has 13 heavy (non-hydrogen) atoms. The highest BCUT2D eigenvalue weighted by atomic mass is 15.4. The Morgan fingerprint density at radius 1 is 1.46 bits per heavy atom. The normalized spacial score (nSPS) is 12.5. The average Bonchev–Trinajstić information content (AvgIpc) is 2.52. The van der Waals surface area contributed by atoms with Crippen LogP contribution in [0.5, 0.6) is 0 Å². The van der Waals surface area contributed by atoms with Crippen LogP contribution in [0.25, 0.3) is 0 Å². The number of hydrogen-bond acceptors (Lipinski definition) is 2. The molecule has 74 valence electrons. The fraction of sp³-hybridized carbons (Fsp3) is 0.800. The topological polar surface area (TPSA) is 30.7 Å². The molecule has 0 aliphatic rings. The molecule has 3 nitrogen and oxygen atoms in total. The highest BCUT2D eigenvalue weighted by Crippen LogP contribution is 2.24. The summed E-state index contributed by atoms with van der Waals surface area (Å²) in [5.74, 6) is 0. The van der Waals surface area contributed by atoms with E-state index in [2.05, 4.69) is 44.9 Å². The maximum atomic E-state index is 4.19. The predicted molar refractivity (Wildman–Crippen MR) is 53.7 cm³/mol. The summed E-state index contributed by atoms with van der Waals surface area (Å²) in [6.45, 7) is 10.8. The van der Waals surface area contributed by atoms with Gasteiger partial charge in [0, 0.05) is 17.7 Å². The van der Waals surface area contributed by atoms with Gasteiger partial charge in [0.2, 0.25) is 0 Å². The summed E-state index contributed by atoms with van der Waals surface area (Å²) >= 11 is 0. The Bertz CT molecular complexity index is 273. The van der Waals surface area contributed by atoms with Crippen molar-refractivity contribution in [3.63, 3.8) is 0 Å². The van der Waals surface area contributed by atoms with Crippen molar-refractivity contribution in [3.05, 3.63) is 11.9 Å². The van der Waals surface area contributed by atoms with E-state index in [4.69, 9.17) is 0 Å². The maximum absolute atomic E-state index is 4.19. The minimum Gasteiger partial charge on any atom is -0.250 e. The molecule has 0 aromatic carbocycles. The van der Waals surface area contributed by atoms with Gasteiger partial charge in [-0.25, -0.2) is 4.68 Å². The Labute approximate surface area is 80.1 Å². The van der Waals surface area contributed by atoms with Crippen LogP contribution in [0.15, 0.2) is 6.20 Å². The van der Waals surface area contributed by atoms with Crippen molar-refractivity contribution < 1.29 is 0 Å². The van der Waals surface area contributed by atoms with Gasteiger partial charge in [-0.05, 0) is 20.3 Å². The van der Waals surface area contributed by atoms with E-state index < -0.39 is 0 Å². The van der Waals surface area contributed by atoms with E-state index in [9.17, 15) is 0 Å². The highest BCUT2D eigenvalue weighted by Gasteiger charge is 2.21. The lowest BCUT2D eigenvalue weighted by Crippen LogP contribution is -2.15. The van der Waals surface area contributed by atoms with Crippen molar-refractivity contribution in [2.24, 2.45) is 0 Å². The van der Waals surface area contributed by atoms with Crippen LogP contribution in [0.1, 0.15) is 52.8 Å².